The molecule has 0 radical (unpaired) electrons. The van der Waals surface area contributed by atoms with Gasteiger partial charge in [0.1, 0.15) is 0 Å². The van der Waals surface area contributed by atoms with Crippen molar-refractivity contribution in [3.8, 4) is 22.3 Å². The van der Waals surface area contributed by atoms with Gasteiger partial charge in [-0.2, -0.15) is 0 Å². The summed E-state index contributed by atoms with van der Waals surface area (Å²) in [7, 11) is 0. The summed E-state index contributed by atoms with van der Waals surface area (Å²) in [5.41, 5.74) is 7.22. The molecular weight excluding hydrogens is 477 g/mol. The quantitative estimate of drug-likeness (QED) is 0.149. The zero-order valence-electron chi connectivity index (χ0n) is 16.8. The van der Waals surface area contributed by atoms with Gasteiger partial charge in [-0.15, -0.1) is 0 Å². The molecule has 1 nitrogen and oxygen atoms in total. The van der Waals surface area contributed by atoms with Crippen molar-refractivity contribution in [2.45, 2.75) is 6.92 Å². The Labute approximate surface area is 191 Å². The van der Waals surface area contributed by atoms with E-state index in [1.165, 1.54) is 42.2 Å². The minimum atomic E-state index is 1.13. The third-order valence-electron chi connectivity index (χ3n) is 5.24. The van der Waals surface area contributed by atoms with Crippen molar-refractivity contribution in [1.82, 2.24) is 0 Å². The Morgan fingerprint density at radius 1 is 0.733 bits per heavy atom. The lowest BCUT2D eigenvalue weighted by molar-refractivity contribution is 1.55. The molecule has 0 aromatic heterocycles. The van der Waals surface area contributed by atoms with Crippen LogP contribution in [-0.4, -0.2) is 6.72 Å². The second-order valence-electron chi connectivity index (χ2n) is 7.10. The van der Waals surface area contributed by atoms with Crippen LogP contribution in [0.15, 0.2) is 108 Å². The van der Waals surface area contributed by atoms with Gasteiger partial charge in [-0.05, 0) is 111 Å². The molecule has 30 heavy (non-hydrogen) atoms. The Kier molecular flexibility index (Phi) is 6.24. The highest BCUT2D eigenvalue weighted by Gasteiger charge is 2.04. The van der Waals surface area contributed by atoms with Crippen LogP contribution in [0.1, 0.15) is 12.5 Å². The van der Waals surface area contributed by atoms with Crippen molar-refractivity contribution in [3.05, 3.63) is 112 Å². The molecule has 0 aliphatic carbocycles. The highest BCUT2D eigenvalue weighted by molar-refractivity contribution is 14.1. The molecule has 2 heteroatoms. The van der Waals surface area contributed by atoms with Crippen molar-refractivity contribution in [2.75, 3.05) is 0 Å². The van der Waals surface area contributed by atoms with Crippen molar-refractivity contribution >= 4 is 45.7 Å². The fourth-order valence-electron chi connectivity index (χ4n) is 3.60. The predicted octanol–water partition coefficient (Wildman–Crippen LogP) is 8.40. The lowest BCUT2D eigenvalue weighted by Gasteiger charge is -2.09. The number of hydrogen-bond acceptors (Lipinski definition) is 1. The first-order chi connectivity index (χ1) is 14.7. The van der Waals surface area contributed by atoms with Crippen LogP contribution in [0.5, 0.6) is 0 Å². The maximum Gasteiger partial charge on any atom is 0.0266 e. The van der Waals surface area contributed by atoms with Gasteiger partial charge in [0.25, 0.3) is 0 Å². The van der Waals surface area contributed by atoms with Crippen LogP contribution in [0.25, 0.3) is 38.6 Å². The van der Waals surface area contributed by atoms with Crippen molar-refractivity contribution in [2.24, 2.45) is 4.99 Å². The average Bonchev–Trinajstić information content (AvgIpc) is 2.80. The number of fused-ring (bicyclic) bond motifs is 1. The van der Waals surface area contributed by atoms with Gasteiger partial charge >= 0.3 is 0 Å². The normalized spacial score (nSPS) is 11.9. The lowest BCUT2D eigenvalue weighted by atomic mass is 9.96. The summed E-state index contributed by atoms with van der Waals surface area (Å²) in [4.78, 5) is 3.80. The summed E-state index contributed by atoms with van der Waals surface area (Å²) in [5, 5.41) is 2.50. The molecule has 0 N–H and O–H groups in total. The van der Waals surface area contributed by atoms with Gasteiger partial charge in [0.05, 0.1) is 0 Å². The molecule has 0 fully saturated rings. The summed E-state index contributed by atoms with van der Waals surface area (Å²) in [6.07, 6.45) is 5.78. The molecule has 0 unspecified atom stereocenters. The van der Waals surface area contributed by atoms with E-state index in [9.17, 15) is 0 Å². The van der Waals surface area contributed by atoms with Crippen LogP contribution >= 0.6 is 22.6 Å². The molecule has 4 rings (SSSR count). The molecule has 0 saturated heterocycles. The van der Waals surface area contributed by atoms with E-state index in [1.54, 1.807) is 6.20 Å². The molecular formula is C28H22IN. The minimum absolute atomic E-state index is 1.13. The van der Waals surface area contributed by atoms with Crippen LogP contribution in [0.3, 0.4) is 0 Å². The lowest BCUT2D eigenvalue weighted by Crippen LogP contribution is -1.84. The highest BCUT2D eigenvalue weighted by atomic mass is 127. The Balaban J connectivity index is 1.68. The molecule has 0 bridgehead atoms. The van der Waals surface area contributed by atoms with Gasteiger partial charge < -0.3 is 0 Å². The van der Waals surface area contributed by atoms with E-state index in [4.69, 9.17) is 0 Å². The Morgan fingerprint density at radius 3 is 1.80 bits per heavy atom. The minimum Gasteiger partial charge on any atom is -0.272 e. The standard InChI is InChI=1S/C28H22IN/c1-3-20(16-17-30-2)21-4-6-22(7-5-21)25-10-8-24-9-11-26(19-27(24)18-25)23-12-14-28(29)15-13-23/h3-19H,2H2,1H3/b17-16-,20-3+. The predicted molar refractivity (Wildman–Crippen MR) is 140 cm³/mol. The molecule has 4 aromatic rings. The molecule has 146 valence electrons. The zero-order valence-corrected chi connectivity index (χ0v) is 19.0. The fourth-order valence-corrected chi connectivity index (χ4v) is 3.96. The monoisotopic (exact) mass is 499 g/mol. The Hall–Kier alpha value is -2.98. The van der Waals surface area contributed by atoms with Crippen molar-refractivity contribution in [1.29, 1.82) is 0 Å². The maximum atomic E-state index is 3.80. The summed E-state index contributed by atoms with van der Waals surface area (Å²) in [6.45, 7) is 5.54. The second kappa shape index (κ2) is 9.23. The Morgan fingerprint density at radius 2 is 1.27 bits per heavy atom. The second-order valence-corrected chi connectivity index (χ2v) is 8.35. The summed E-state index contributed by atoms with van der Waals surface area (Å²) in [5.74, 6) is 0. The largest absolute Gasteiger partial charge is 0.272 e. The van der Waals surface area contributed by atoms with Crippen molar-refractivity contribution in [3.63, 3.8) is 0 Å². The van der Waals surface area contributed by atoms with E-state index in [1.807, 2.05) is 13.0 Å². The van der Waals surface area contributed by atoms with Gasteiger partial charge in [0, 0.05) is 9.77 Å². The van der Waals surface area contributed by atoms with Gasteiger partial charge in [-0.1, -0.05) is 66.7 Å². The molecule has 0 heterocycles. The van der Waals surface area contributed by atoms with Gasteiger partial charge in [0.2, 0.25) is 0 Å². The number of hydrogen-bond donors (Lipinski definition) is 0. The topological polar surface area (TPSA) is 12.4 Å². The first kappa shape index (κ1) is 20.3. The molecule has 0 saturated carbocycles. The van der Waals surface area contributed by atoms with Crippen LogP contribution in [0, 0.1) is 3.57 Å². The van der Waals surface area contributed by atoms with E-state index in [-0.39, 0.29) is 0 Å². The molecule has 0 aliphatic heterocycles. The molecule has 0 spiro atoms. The number of halogens is 1. The molecule has 0 aliphatic rings. The number of aliphatic imine (C=N–C) groups is 1. The maximum absolute atomic E-state index is 3.80. The van der Waals surface area contributed by atoms with E-state index in [2.05, 4.69) is 125 Å². The van der Waals surface area contributed by atoms with Crippen LogP contribution in [0.4, 0.5) is 0 Å². The SMILES string of the molecule is C=N/C=C\C(=C/C)c1ccc(-c2ccc3ccc(-c4ccc(I)cc4)cc3c2)cc1. The van der Waals surface area contributed by atoms with Crippen LogP contribution < -0.4 is 0 Å². The smallest absolute Gasteiger partial charge is 0.0266 e. The number of benzene rings is 4. The van der Waals surface area contributed by atoms with Gasteiger partial charge in [0.15, 0.2) is 0 Å². The molecule has 0 amide bonds. The first-order valence-corrected chi connectivity index (χ1v) is 10.9. The fraction of sp³-hybridized carbons (Fsp3) is 0.0357. The van der Waals surface area contributed by atoms with Crippen LogP contribution in [-0.2, 0) is 0 Å². The average molecular weight is 499 g/mol. The third-order valence-corrected chi connectivity index (χ3v) is 5.96. The number of allylic oxidation sites excluding steroid dienone is 3. The highest BCUT2D eigenvalue weighted by Crippen LogP contribution is 2.30. The number of nitrogens with zero attached hydrogens (tertiary/aromatic N) is 1. The molecule has 4 aromatic carbocycles. The summed E-state index contributed by atoms with van der Waals surface area (Å²) in [6, 6.07) is 30.7. The van der Waals surface area contributed by atoms with E-state index in [0.29, 0.717) is 0 Å². The summed E-state index contributed by atoms with van der Waals surface area (Å²) < 4.78 is 1.25. The van der Waals surface area contributed by atoms with E-state index < -0.39 is 0 Å². The van der Waals surface area contributed by atoms with Gasteiger partial charge in [-0.3, -0.25) is 4.99 Å². The number of rotatable bonds is 5. The van der Waals surface area contributed by atoms with Gasteiger partial charge in [-0.25, -0.2) is 0 Å². The van der Waals surface area contributed by atoms with E-state index >= 15 is 0 Å². The summed E-state index contributed by atoms with van der Waals surface area (Å²) >= 11 is 2.34. The zero-order chi connectivity index (χ0) is 20.9. The Bertz CT molecular complexity index is 1250. The van der Waals surface area contributed by atoms with Crippen molar-refractivity contribution < 1.29 is 0 Å². The van der Waals surface area contributed by atoms with E-state index in [0.717, 1.165) is 5.57 Å². The first-order valence-electron chi connectivity index (χ1n) is 9.87. The molecule has 0 atom stereocenters. The third kappa shape index (κ3) is 4.44. The van der Waals surface area contributed by atoms with Crippen LogP contribution in [0.2, 0.25) is 0 Å².